The molecule has 5 nitrogen and oxygen atoms in total. The Balaban J connectivity index is 1.84. The Morgan fingerprint density at radius 2 is 1.85 bits per heavy atom. The van der Waals surface area contributed by atoms with Crippen molar-refractivity contribution < 1.29 is 14.5 Å². The topological polar surface area (TPSA) is 76.6 Å². The summed E-state index contributed by atoms with van der Waals surface area (Å²) in [4.78, 5) is 24.5. The molecule has 2 amide bonds. The average molecular weight is 276 g/mol. The van der Waals surface area contributed by atoms with Crippen molar-refractivity contribution in [3.05, 3.63) is 30.3 Å². The van der Waals surface area contributed by atoms with Gasteiger partial charge >= 0.3 is 0 Å². The number of para-hydroxylation sites is 1. The van der Waals surface area contributed by atoms with Crippen molar-refractivity contribution >= 4 is 17.5 Å². The van der Waals surface area contributed by atoms with E-state index in [0.717, 1.165) is 31.6 Å². The first-order valence-corrected chi connectivity index (χ1v) is 7.07. The summed E-state index contributed by atoms with van der Waals surface area (Å²) in [5.74, 6) is -0.173. The van der Waals surface area contributed by atoms with E-state index in [4.69, 9.17) is 5.73 Å². The Labute approximate surface area is 119 Å². The monoisotopic (exact) mass is 276 g/mol. The number of quaternary nitrogens is 1. The molecule has 1 aromatic carbocycles. The summed E-state index contributed by atoms with van der Waals surface area (Å²) in [6.45, 7) is 3.48. The van der Waals surface area contributed by atoms with Gasteiger partial charge in [-0.15, -0.1) is 0 Å². The molecule has 0 aliphatic carbocycles. The third-order valence-electron chi connectivity index (χ3n) is 4.08. The maximum atomic E-state index is 12.2. The smallest absolute Gasteiger partial charge is 0.275 e. The Hall–Kier alpha value is -1.88. The van der Waals surface area contributed by atoms with E-state index in [2.05, 4.69) is 5.32 Å². The zero-order valence-electron chi connectivity index (χ0n) is 11.8. The Kier molecular flexibility index (Phi) is 4.74. The molecule has 0 unspecified atom stereocenters. The number of amides is 2. The van der Waals surface area contributed by atoms with Crippen molar-refractivity contribution in [3.63, 3.8) is 0 Å². The van der Waals surface area contributed by atoms with Gasteiger partial charge in [-0.25, -0.2) is 0 Å². The minimum atomic E-state index is -0.271. The molecule has 1 heterocycles. The van der Waals surface area contributed by atoms with Crippen molar-refractivity contribution in [1.82, 2.24) is 0 Å². The molecule has 5 heteroatoms. The first kappa shape index (κ1) is 14.5. The van der Waals surface area contributed by atoms with Gasteiger partial charge in [-0.2, -0.15) is 0 Å². The summed E-state index contributed by atoms with van der Waals surface area (Å²) in [6, 6.07) is 9.31. The number of rotatable bonds is 4. The number of anilines is 1. The molecule has 1 atom stereocenters. The highest BCUT2D eigenvalue weighted by Crippen LogP contribution is 2.14. The highest BCUT2D eigenvalue weighted by molar-refractivity contribution is 5.92. The molecule has 4 N–H and O–H groups in total. The molecule has 0 spiro atoms. The molecule has 1 fully saturated rings. The van der Waals surface area contributed by atoms with Gasteiger partial charge in [-0.1, -0.05) is 18.2 Å². The number of carbonyl (C=O) groups is 2. The lowest BCUT2D eigenvalue weighted by Gasteiger charge is -2.31. The summed E-state index contributed by atoms with van der Waals surface area (Å²) in [6.07, 6.45) is 1.59. The quantitative estimate of drug-likeness (QED) is 0.712. The molecule has 2 rings (SSSR count). The van der Waals surface area contributed by atoms with Crippen molar-refractivity contribution in [1.29, 1.82) is 0 Å². The third-order valence-corrected chi connectivity index (χ3v) is 4.08. The fourth-order valence-corrected chi connectivity index (χ4v) is 2.65. The predicted octanol–water partition coefficient (Wildman–Crippen LogP) is -0.206. The molecule has 0 bridgehead atoms. The molecule has 1 aromatic rings. The molecule has 0 saturated carbocycles. The molecule has 1 saturated heterocycles. The number of hydrogen-bond donors (Lipinski definition) is 3. The van der Waals surface area contributed by atoms with Crippen molar-refractivity contribution in [2.24, 2.45) is 11.7 Å². The fourth-order valence-electron chi connectivity index (χ4n) is 2.65. The van der Waals surface area contributed by atoms with Crippen LogP contribution in [0.1, 0.15) is 19.8 Å². The van der Waals surface area contributed by atoms with Crippen LogP contribution in [-0.4, -0.2) is 30.9 Å². The van der Waals surface area contributed by atoms with Gasteiger partial charge < -0.3 is 16.0 Å². The van der Waals surface area contributed by atoms with Gasteiger partial charge in [0.2, 0.25) is 5.91 Å². The molecular weight excluding hydrogens is 254 g/mol. The van der Waals surface area contributed by atoms with Crippen LogP contribution in [0, 0.1) is 5.92 Å². The van der Waals surface area contributed by atoms with Crippen LogP contribution in [0.5, 0.6) is 0 Å². The van der Waals surface area contributed by atoms with Gasteiger partial charge in [0.1, 0.15) is 0 Å². The minimum Gasteiger partial charge on any atom is -0.365 e. The zero-order chi connectivity index (χ0) is 14.5. The number of piperidine rings is 1. The lowest BCUT2D eigenvalue weighted by molar-refractivity contribution is -0.919. The maximum absolute atomic E-state index is 12.2. The van der Waals surface area contributed by atoms with Crippen LogP contribution in [0.15, 0.2) is 30.3 Å². The zero-order valence-corrected chi connectivity index (χ0v) is 11.8. The third kappa shape index (κ3) is 3.57. The largest absolute Gasteiger partial charge is 0.365 e. The van der Waals surface area contributed by atoms with Gasteiger partial charge in [-0.3, -0.25) is 9.59 Å². The molecule has 108 valence electrons. The van der Waals surface area contributed by atoms with E-state index >= 15 is 0 Å². The van der Waals surface area contributed by atoms with Crippen molar-refractivity contribution in [2.75, 3.05) is 18.4 Å². The SMILES string of the molecule is C[C@H](C(N)=O)[NH+]1CCC(C(=O)Nc2ccccc2)CC1. The average Bonchev–Trinajstić information content (AvgIpc) is 2.47. The number of primary amides is 1. The van der Waals surface area contributed by atoms with E-state index in [9.17, 15) is 9.59 Å². The van der Waals surface area contributed by atoms with Crippen LogP contribution < -0.4 is 16.0 Å². The van der Waals surface area contributed by atoms with Crippen LogP contribution in [0.2, 0.25) is 0 Å². The van der Waals surface area contributed by atoms with Crippen LogP contribution in [0.3, 0.4) is 0 Å². The van der Waals surface area contributed by atoms with Gasteiger partial charge in [0.25, 0.3) is 5.91 Å². The van der Waals surface area contributed by atoms with Gasteiger partial charge in [0, 0.05) is 24.4 Å². The molecule has 1 aliphatic heterocycles. The van der Waals surface area contributed by atoms with Crippen LogP contribution in [0.25, 0.3) is 0 Å². The maximum Gasteiger partial charge on any atom is 0.275 e. The lowest BCUT2D eigenvalue weighted by Crippen LogP contribution is -3.17. The van der Waals surface area contributed by atoms with E-state index < -0.39 is 0 Å². The van der Waals surface area contributed by atoms with Crippen molar-refractivity contribution in [3.8, 4) is 0 Å². The number of likely N-dealkylation sites (tertiary alicyclic amines) is 1. The normalized spacial score (nSPS) is 23.9. The fraction of sp³-hybridized carbons (Fsp3) is 0.467. The first-order chi connectivity index (χ1) is 9.58. The summed E-state index contributed by atoms with van der Waals surface area (Å²) < 4.78 is 0. The number of nitrogens with two attached hydrogens (primary N) is 1. The Morgan fingerprint density at radius 3 is 2.40 bits per heavy atom. The van der Waals surface area contributed by atoms with E-state index in [1.165, 1.54) is 4.90 Å². The lowest BCUT2D eigenvalue weighted by atomic mass is 9.95. The summed E-state index contributed by atoms with van der Waals surface area (Å²) in [5, 5.41) is 2.94. The molecule has 0 aromatic heterocycles. The predicted molar refractivity (Wildman–Crippen MR) is 77.1 cm³/mol. The van der Waals surface area contributed by atoms with Gasteiger partial charge in [0.15, 0.2) is 6.04 Å². The Bertz CT molecular complexity index is 467. The van der Waals surface area contributed by atoms with Crippen LogP contribution >= 0.6 is 0 Å². The Morgan fingerprint density at radius 1 is 1.25 bits per heavy atom. The minimum absolute atomic E-state index is 0.0269. The molecule has 0 radical (unpaired) electrons. The second-order valence-corrected chi connectivity index (χ2v) is 5.41. The number of nitrogens with one attached hydrogen (secondary N) is 2. The van der Waals surface area contributed by atoms with Gasteiger partial charge in [-0.05, 0) is 19.1 Å². The number of hydrogen-bond acceptors (Lipinski definition) is 2. The summed E-state index contributed by atoms with van der Waals surface area (Å²) in [5.41, 5.74) is 6.16. The molecule has 1 aliphatic rings. The molecule has 20 heavy (non-hydrogen) atoms. The van der Waals surface area contributed by atoms with Crippen molar-refractivity contribution in [2.45, 2.75) is 25.8 Å². The highest BCUT2D eigenvalue weighted by Gasteiger charge is 2.31. The van der Waals surface area contributed by atoms with E-state index in [0.29, 0.717) is 0 Å². The first-order valence-electron chi connectivity index (χ1n) is 7.07. The summed E-state index contributed by atoms with van der Waals surface area (Å²) in [7, 11) is 0. The highest BCUT2D eigenvalue weighted by atomic mass is 16.2. The van der Waals surface area contributed by atoms with E-state index in [1.54, 1.807) is 0 Å². The standard InChI is InChI=1S/C15H21N3O2/c1-11(14(16)19)18-9-7-12(8-10-18)15(20)17-13-5-3-2-4-6-13/h2-6,11-12H,7-10H2,1H3,(H2,16,19)(H,17,20)/p+1/t11-/m1/s1. The number of benzene rings is 1. The van der Waals surface area contributed by atoms with Crippen LogP contribution in [-0.2, 0) is 9.59 Å². The molecular formula is C15H22N3O2+. The summed E-state index contributed by atoms with van der Waals surface area (Å²) >= 11 is 0. The van der Waals surface area contributed by atoms with E-state index in [1.807, 2.05) is 37.3 Å². The number of carbonyl (C=O) groups excluding carboxylic acids is 2. The van der Waals surface area contributed by atoms with E-state index in [-0.39, 0.29) is 23.8 Å². The second kappa shape index (κ2) is 6.52. The second-order valence-electron chi connectivity index (χ2n) is 5.41. The van der Waals surface area contributed by atoms with Gasteiger partial charge in [0.05, 0.1) is 13.1 Å². The van der Waals surface area contributed by atoms with Crippen LogP contribution in [0.4, 0.5) is 5.69 Å².